The number of aryl methyl sites for hydroxylation is 1. The van der Waals surface area contributed by atoms with Gasteiger partial charge in [0.05, 0.1) is 0 Å². The SMILES string of the molecule is Cc1cc(Cl)nc(C(F)F)n1. The Morgan fingerprint density at radius 3 is 2.55 bits per heavy atom. The lowest BCUT2D eigenvalue weighted by Crippen LogP contribution is -1.96. The molecule has 0 spiro atoms. The molecule has 0 aromatic carbocycles. The van der Waals surface area contributed by atoms with E-state index in [-0.39, 0.29) is 5.15 Å². The zero-order valence-electron chi connectivity index (χ0n) is 5.68. The Balaban J connectivity index is 3.08. The Bertz CT molecular complexity index is 245. The monoisotopic (exact) mass is 178 g/mol. The molecule has 0 aliphatic carbocycles. The number of hydrogen-bond donors (Lipinski definition) is 0. The average molecular weight is 179 g/mol. The van der Waals surface area contributed by atoms with Gasteiger partial charge in [-0.05, 0) is 13.0 Å². The first-order chi connectivity index (χ1) is 5.09. The lowest BCUT2D eigenvalue weighted by atomic mass is 10.4. The van der Waals surface area contributed by atoms with Gasteiger partial charge in [-0.25, -0.2) is 18.7 Å². The van der Waals surface area contributed by atoms with E-state index in [0.29, 0.717) is 5.69 Å². The minimum Gasteiger partial charge on any atom is -0.233 e. The van der Waals surface area contributed by atoms with Gasteiger partial charge in [-0.3, -0.25) is 0 Å². The Hall–Kier alpha value is -0.770. The number of nitrogens with zero attached hydrogens (tertiary/aromatic N) is 2. The van der Waals surface area contributed by atoms with E-state index in [0.717, 1.165) is 0 Å². The number of aromatic nitrogens is 2. The minimum absolute atomic E-state index is 0.0489. The quantitative estimate of drug-likeness (QED) is 0.617. The van der Waals surface area contributed by atoms with Gasteiger partial charge in [-0.2, -0.15) is 0 Å². The highest BCUT2D eigenvalue weighted by atomic mass is 35.5. The normalized spacial score (nSPS) is 10.6. The summed E-state index contributed by atoms with van der Waals surface area (Å²) in [7, 11) is 0. The Labute approximate surface area is 67.2 Å². The van der Waals surface area contributed by atoms with Crippen molar-refractivity contribution in [2.45, 2.75) is 13.3 Å². The van der Waals surface area contributed by atoms with E-state index in [4.69, 9.17) is 11.6 Å². The van der Waals surface area contributed by atoms with Crippen molar-refractivity contribution in [3.63, 3.8) is 0 Å². The van der Waals surface area contributed by atoms with Crippen LogP contribution in [0, 0.1) is 6.92 Å². The average Bonchev–Trinajstić information content (AvgIpc) is 1.85. The van der Waals surface area contributed by atoms with E-state index < -0.39 is 12.2 Å². The molecule has 1 aromatic rings. The highest BCUT2D eigenvalue weighted by molar-refractivity contribution is 6.29. The Kier molecular flexibility index (Phi) is 2.34. The van der Waals surface area contributed by atoms with Crippen molar-refractivity contribution >= 4 is 11.6 Å². The lowest BCUT2D eigenvalue weighted by molar-refractivity contribution is 0.140. The van der Waals surface area contributed by atoms with Gasteiger partial charge in [0.1, 0.15) is 5.15 Å². The van der Waals surface area contributed by atoms with Gasteiger partial charge in [-0.1, -0.05) is 11.6 Å². The molecule has 0 amide bonds. The van der Waals surface area contributed by atoms with Gasteiger partial charge >= 0.3 is 0 Å². The summed E-state index contributed by atoms with van der Waals surface area (Å²) >= 11 is 5.41. The molecule has 0 aliphatic rings. The van der Waals surface area contributed by atoms with E-state index in [2.05, 4.69) is 9.97 Å². The molecule has 60 valence electrons. The second-order valence-electron chi connectivity index (χ2n) is 1.99. The van der Waals surface area contributed by atoms with Gasteiger partial charge in [0.25, 0.3) is 6.43 Å². The summed E-state index contributed by atoms with van der Waals surface area (Å²) < 4.78 is 23.9. The molecule has 0 N–H and O–H groups in total. The van der Waals surface area contributed by atoms with E-state index >= 15 is 0 Å². The summed E-state index contributed by atoms with van der Waals surface area (Å²) in [6, 6.07) is 1.42. The molecule has 5 heteroatoms. The van der Waals surface area contributed by atoms with E-state index in [9.17, 15) is 8.78 Å². The molecule has 0 aliphatic heterocycles. The van der Waals surface area contributed by atoms with Crippen LogP contribution in [0.15, 0.2) is 6.07 Å². The van der Waals surface area contributed by atoms with Crippen LogP contribution in [-0.2, 0) is 0 Å². The number of alkyl halides is 2. The zero-order chi connectivity index (χ0) is 8.43. The van der Waals surface area contributed by atoms with Crippen LogP contribution in [0.25, 0.3) is 0 Å². The van der Waals surface area contributed by atoms with Gasteiger partial charge in [0, 0.05) is 5.69 Å². The summed E-state index contributed by atoms with van der Waals surface area (Å²) in [5, 5.41) is 0.0489. The molecule has 2 nitrogen and oxygen atoms in total. The number of halogens is 3. The molecule has 1 rings (SSSR count). The van der Waals surface area contributed by atoms with Gasteiger partial charge in [0.2, 0.25) is 0 Å². The van der Waals surface area contributed by atoms with Crippen molar-refractivity contribution in [3.8, 4) is 0 Å². The van der Waals surface area contributed by atoms with Crippen LogP contribution in [-0.4, -0.2) is 9.97 Å². The smallest absolute Gasteiger partial charge is 0.233 e. The molecule has 1 aromatic heterocycles. The summed E-state index contributed by atoms with van der Waals surface area (Å²) in [6.45, 7) is 1.58. The molecular weight excluding hydrogens is 174 g/mol. The molecule has 0 saturated carbocycles. The third-order valence-electron chi connectivity index (χ3n) is 1.04. The van der Waals surface area contributed by atoms with E-state index in [1.165, 1.54) is 6.07 Å². The van der Waals surface area contributed by atoms with Crippen molar-refractivity contribution in [2.75, 3.05) is 0 Å². The van der Waals surface area contributed by atoms with Crippen LogP contribution >= 0.6 is 11.6 Å². The molecule has 0 fully saturated rings. The van der Waals surface area contributed by atoms with Crippen molar-refractivity contribution in [2.24, 2.45) is 0 Å². The molecule has 11 heavy (non-hydrogen) atoms. The third-order valence-corrected chi connectivity index (χ3v) is 1.23. The fourth-order valence-electron chi connectivity index (χ4n) is 0.650. The van der Waals surface area contributed by atoms with Crippen LogP contribution in [0.1, 0.15) is 17.9 Å². The molecule has 0 bridgehead atoms. The predicted molar refractivity (Wildman–Crippen MR) is 36.7 cm³/mol. The summed E-state index contributed by atoms with van der Waals surface area (Å²) in [6.07, 6.45) is -2.66. The third kappa shape index (κ3) is 2.08. The summed E-state index contributed by atoms with van der Waals surface area (Å²) in [5.41, 5.74) is 0.445. The van der Waals surface area contributed by atoms with Crippen molar-refractivity contribution in [3.05, 3.63) is 22.7 Å². The fraction of sp³-hybridized carbons (Fsp3) is 0.333. The number of hydrogen-bond acceptors (Lipinski definition) is 2. The molecule has 0 radical (unpaired) electrons. The zero-order valence-corrected chi connectivity index (χ0v) is 6.44. The van der Waals surface area contributed by atoms with Crippen molar-refractivity contribution in [1.82, 2.24) is 9.97 Å². The predicted octanol–water partition coefficient (Wildman–Crippen LogP) is 2.38. The van der Waals surface area contributed by atoms with Crippen LogP contribution in [0.2, 0.25) is 5.15 Å². The van der Waals surface area contributed by atoms with Crippen LogP contribution < -0.4 is 0 Å². The highest BCUT2D eigenvalue weighted by Gasteiger charge is 2.11. The van der Waals surface area contributed by atoms with Crippen LogP contribution in [0.4, 0.5) is 8.78 Å². The van der Waals surface area contributed by atoms with Crippen molar-refractivity contribution < 1.29 is 8.78 Å². The number of rotatable bonds is 1. The maximum Gasteiger partial charge on any atom is 0.297 e. The molecular formula is C6H5ClF2N2. The summed E-state index contributed by atoms with van der Waals surface area (Å²) in [4.78, 5) is 6.83. The highest BCUT2D eigenvalue weighted by Crippen LogP contribution is 2.16. The van der Waals surface area contributed by atoms with Crippen LogP contribution in [0.5, 0.6) is 0 Å². The Morgan fingerprint density at radius 2 is 2.09 bits per heavy atom. The second-order valence-corrected chi connectivity index (χ2v) is 2.38. The largest absolute Gasteiger partial charge is 0.297 e. The van der Waals surface area contributed by atoms with E-state index in [1.54, 1.807) is 6.92 Å². The van der Waals surface area contributed by atoms with Crippen LogP contribution in [0.3, 0.4) is 0 Å². The molecule has 0 saturated heterocycles. The second kappa shape index (κ2) is 3.09. The standard InChI is InChI=1S/C6H5ClF2N2/c1-3-2-4(7)11-6(10-3)5(8)9/h2,5H,1H3. The van der Waals surface area contributed by atoms with Gasteiger partial charge < -0.3 is 0 Å². The lowest BCUT2D eigenvalue weighted by Gasteiger charge is -1.98. The first-order valence-electron chi connectivity index (χ1n) is 2.89. The Morgan fingerprint density at radius 1 is 1.45 bits per heavy atom. The molecule has 0 unspecified atom stereocenters. The maximum atomic E-state index is 11.9. The fourth-order valence-corrected chi connectivity index (χ4v) is 0.894. The van der Waals surface area contributed by atoms with Gasteiger partial charge in [-0.15, -0.1) is 0 Å². The van der Waals surface area contributed by atoms with E-state index in [1.807, 2.05) is 0 Å². The minimum atomic E-state index is -2.66. The van der Waals surface area contributed by atoms with Gasteiger partial charge in [0.15, 0.2) is 5.82 Å². The first kappa shape index (κ1) is 8.33. The molecule has 1 heterocycles. The molecule has 0 atom stereocenters. The first-order valence-corrected chi connectivity index (χ1v) is 3.26. The topological polar surface area (TPSA) is 25.8 Å². The summed E-state index contributed by atoms with van der Waals surface area (Å²) in [5.74, 6) is -0.519. The maximum absolute atomic E-state index is 11.9. The van der Waals surface area contributed by atoms with Crippen molar-refractivity contribution in [1.29, 1.82) is 0 Å².